The number of hydrogen-bond donors (Lipinski definition) is 0. The Bertz CT molecular complexity index is 518. The molecule has 1 aliphatic rings. The van der Waals surface area contributed by atoms with E-state index in [0.29, 0.717) is 13.0 Å². The molecule has 21 heavy (non-hydrogen) atoms. The van der Waals surface area contributed by atoms with Crippen LogP contribution in [-0.4, -0.2) is 34.4 Å². The van der Waals surface area contributed by atoms with E-state index in [2.05, 4.69) is 0 Å². The number of carbonyl (C=O) groups excluding carboxylic acids is 2. The second kappa shape index (κ2) is 6.24. The van der Waals surface area contributed by atoms with Gasteiger partial charge in [-0.05, 0) is 11.5 Å². The highest BCUT2D eigenvalue weighted by Crippen LogP contribution is 2.36. The molecule has 0 saturated carbocycles. The summed E-state index contributed by atoms with van der Waals surface area (Å²) >= 11 is 0. The van der Waals surface area contributed by atoms with Crippen molar-refractivity contribution in [1.82, 2.24) is 10.0 Å². The molecule has 2 atom stereocenters. The highest BCUT2D eigenvalue weighted by Gasteiger charge is 2.44. The first kappa shape index (κ1) is 15.5. The van der Waals surface area contributed by atoms with Crippen LogP contribution in [0.25, 0.3) is 0 Å². The highest BCUT2D eigenvalue weighted by atomic mass is 19.2. The van der Waals surface area contributed by atoms with Gasteiger partial charge in [-0.3, -0.25) is 9.59 Å². The summed E-state index contributed by atoms with van der Waals surface area (Å²) in [6.45, 7) is 5.72. The van der Waals surface area contributed by atoms with Crippen molar-refractivity contribution in [2.45, 2.75) is 39.3 Å². The SMILES string of the molecule is CC(=O)N(F)C1CC(c2ccccc2)N(CC(C)C)C1=O. The average Bonchev–Trinajstić information content (AvgIpc) is 2.76. The van der Waals surface area contributed by atoms with Crippen molar-refractivity contribution in [3.63, 3.8) is 0 Å². The topological polar surface area (TPSA) is 40.6 Å². The van der Waals surface area contributed by atoms with Gasteiger partial charge in [0, 0.05) is 19.9 Å². The lowest BCUT2D eigenvalue weighted by atomic mass is 10.0. The molecule has 2 unspecified atom stereocenters. The predicted molar refractivity (Wildman–Crippen MR) is 77.8 cm³/mol. The van der Waals surface area contributed by atoms with Gasteiger partial charge in [0.05, 0.1) is 6.04 Å². The van der Waals surface area contributed by atoms with E-state index in [1.54, 1.807) is 4.90 Å². The summed E-state index contributed by atoms with van der Waals surface area (Å²) in [5.41, 5.74) is 0.978. The van der Waals surface area contributed by atoms with Gasteiger partial charge in [0.15, 0.2) is 0 Å². The van der Waals surface area contributed by atoms with Gasteiger partial charge in [-0.1, -0.05) is 48.7 Å². The molecule has 1 fully saturated rings. The van der Waals surface area contributed by atoms with Gasteiger partial charge in [-0.25, -0.2) is 0 Å². The Morgan fingerprint density at radius 1 is 1.38 bits per heavy atom. The Balaban J connectivity index is 2.29. The van der Waals surface area contributed by atoms with Crippen LogP contribution >= 0.6 is 0 Å². The van der Waals surface area contributed by atoms with E-state index < -0.39 is 11.9 Å². The fourth-order valence-corrected chi connectivity index (χ4v) is 2.80. The van der Waals surface area contributed by atoms with Gasteiger partial charge in [-0.2, -0.15) is 5.12 Å². The zero-order valence-electron chi connectivity index (χ0n) is 12.6. The molecule has 5 heteroatoms. The van der Waals surface area contributed by atoms with Crippen molar-refractivity contribution in [2.75, 3.05) is 6.54 Å². The van der Waals surface area contributed by atoms with Crippen LogP contribution in [0.4, 0.5) is 4.48 Å². The molecule has 0 bridgehead atoms. The molecule has 4 nitrogen and oxygen atoms in total. The van der Waals surface area contributed by atoms with Gasteiger partial charge < -0.3 is 4.90 Å². The molecule has 1 aromatic rings. The lowest BCUT2D eigenvalue weighted by molar-refractivity contribution is -0.156. The zero-order chi connectivity index (χ0) is 15.6. The first-order chi connectivity index (χ1) is 9.91. The molecule has 0 aromatic heterocycles. The van der Waals surface area contributed by atoms with Crippen LogP contribution in [0.3, 0.4) is 0 Å². The summed E-state index contributed by atoms with van der Waals surface area (Å²) in [5, 5.41) is 0.0681. The van der Waals surface area contributed by atoms with Crippen molar-refractivity contribution in [2.24, 2.45) is 5.92 Å². The number of halogens is 1. The van der Waals surface area contributed by atoms with Gasteiger partial charge in [-0.15, -0.1) is 0 Å². The summed E-state index contributed by atoms with van der Waals surface area (Å²) in [5.74, 6) is -0.758. The highest BCUT2D eigenvalue weighted by molar-refractivity contribution is 5.88. The first-order valence-electron chi connectivity index (χ1n) is 7.22. The molecule has 0 aliphatic carbocycles. The van der Waals surface area contributed by atoms with E-state index in [1.807, 2.05) is 44.2 Å². The van der Waals surface area contributed by atoms with E-state index in [4.69, 9.17) is 0 Å². The normalized spacial score (nSPS) is 22.0. The van der Waals surface area contributed by atoms with E-state index in [9.17, 15) is 14.1 Å². The number of likely N-dealkylation sites (tertiary alicyclic amines) is 1. The molecule has 0 radical (unpaired) electrons. The Morgan fingerprint density at radius 2 is 2.00 bits per heavy atom. The number of carbonyl (C=O) groups is 2. The van der Waals surface area contributed by atoms with E-state index in [-0.39, 0.29) is 23.0 Å². The lowest BCUT2D eigenvalue weighted by Gasteiger charge is -2.26. The van der Waals surface area contributed by atoms with E-state index >= 15 is 0 Å². The fraction of sp³-hybridized carbons (Fsp3) is 0.500. The van der Waals surface area contributed by atoms with Crippen LogP contribution in [0.2, 0.25) is 0 Å². The van der Waals surface area contributed by atoms with Gasteiger partial charge >= 0.3 is 0 Å². The van der Waals surface area contributed by atoms with Crippen LogP contribution in [-0.2, 0) is 9.59 Å². The van der Waals surface area contributed by atoms with Crippen LogP contribution in [0.15, 0.2) is 30.3 Å². The maximum absolute atomic E-state index is 13.9. The second-order valence-corrected chi connectivity index (χ2v) is 5.89. The smallest absolute Gasteiger partial charge is 0.248 e. The number of amides is 2. The Kier molecular flexibility index (Phi) is 4.60. The summed E-state index contributed by atoms with van der Waals surface area (Å²) in [6.07, 6.45) is 0.297. The Hall–Kier alpha value is -1.91. The molecule has 1 saturated heterocycles. The second-order valence-electron chi connectivity index (χ2n) is 5.89. The molecular weight excluding hydrogens is 271 g/mol. The third-order valence-corrected chi connectivity index (χ3v) is 3.71. The van der Waals surface area contributed by atoms with Crippen molar-refractivity contribution < 1.29 is 14.1 Å². The van der Waals surface area contributed by atoms with E-state index in [1.165, 1.54) is 0 Å². The molecule has 1 heterocycles. The minimum atomic E-state index is -1.01. The summed E-state index contributed by atoms with van der Waals surface area (Å²) in [6, 6.07) is 8.39. The van der Waals surface area contributed by atoms with Crippen LogP contribution < -0.4 is 0 Å². The fourth-order valence-electron chi connectivity index (χ4n) is 2.80. The van der Waals surface area contributed by atoms with E-state index in [0.717, 1.165) is 12.5 Å². The Morgan fingerprint density at radius 3 is 2.52 bits per heavy atom. The van der Waals surface area contributed by atoms with Gasteiger partial charge in [0.25, 0.3) is 0 Å². The van der Waals surface area contributed by atoms with Gasteiger partial charge in [0.1, 0.15) is 6.04 Å². The van der Waals surface area contributed by atoms with Gasteiger partial charge in [0.2, 0.25) is 11.8 Å². The third-order valence-electron chi connectivity index (χ3n) is 3.71. The maximum Gasteiger partial charge on any atom is 0.248 e. The standard InChI is InChI=1S/C16H21FN2O2/c1-11(2)10-18-14(13-7-5-4-6-8-13)9-15(16(18)21)19(17)12(3)20/h4-8,11,14-15H,9-10H2,1-3H3. The van der Waals surface area contributed by atoms with Crippen molar-refractivity contribution in [3.05, 3.63) is 35.9 Å². The van der Waals surface area contributed by atoms with Crippen molar-refractivity contribution in [1.29, 1.82) is 0 Å². The maximum atomic E-state index is 13.9. The van der Waals surface area contributed by atoms with Crippen LogP contribution in [0.1, 0.15) is 38.8 Å². The predicted octanol–water partition coefficient (Wildman–Crippen LogP) is 2.72. The molecule has 1 aliphatic heterocycles. The molecule has 114 valence electrons. The summed E-state index contributed by atoms with van der Waals surface area (Å²) in [7, 11) is 0. The molecule has 0 spiro atoms. The monoisotopic (exact) mass is 292 g/mol. The van der Waals surface area contributed by atoms with Crippen LogP contribution in [0, 0.1) is 5.92 Å². The number of rotatable bonds is 4. The van der Waals surface area contributed by atoms with Crippen LogP contribution in [0.5, 0.6) is 0 Å². The zero-order valence-corrected chi connectivity index (χ0v) is 12.6. The number of nitrogens with zero attached hydrogens (tertiary/aromatic N) is 2. The first-order valence-corrected chi connectivity index (χ1v) is 7.22. The minimum Gasteiger partial charge on any atom is -0.333 e. The number of hydrogen-bond acceptors (Lipinski definition) is 2. The quantitative estimate of drug-likeness (QED) is 0.801. The molecule has 2 rings (SSSR count). The average molecular weight is 292 g/mol. The molecule has 2 amide bonds. The summed E-state index contributed by atoms with van der Waals surface area (Å²) < 4.78 is 13.9. The largest absolute Gasteiger partial charge is 0.333 e. The lowest BCUT2D eigenvalue weighted by Crippen LogP contribution is -2.40. The number of benzene rings is 1. The van der Waals surface area contributed by atoms with Crippen molar-refractivity contribution >= 4 is 11.8 Å². The molecule has 1 aromatic carbocycles. The molecular formula is C16H21FN2O2. The summed E-state index contributed by atoms with van der Waals surface area (Å²) in [4.78, 5) is 25.4. The third kappa shape index (κ3) is 3.23. The Labute approximate surface area is 124 Å². The molecule has 0 N–H and O–H groups in total. The minimum absolute atomic E-state index is 0.0681. The van der Waals surface area contributed by atoms with Crippen molar-refractivity contribution in [3.8, 4) is 0 Å².